The summed E-state index contributed by atoms with van der Waals surface area (Å²) in [5.74, 6) is 0. The largest absolute Gasteiger partial charge is 0.381 e. The zero-order valence-corrected chi connectivity index (χ0v) is 12.0. The number of nitrogens with zero attached hydrogens (tertiary/aromatic N) is 2. The molecule has 2 heterocycles. The molecule has 5 nitrogen and oxygen atoms in total. The van der Waals surface area contributed by atoms with E-state index in [4.69, 9.17) is 4.74 Å². The van der Waals surface area contributed by atoms with Crippen LogP contribution in [-0.2, 0) is 18.3 Å². The van der Waals surface area contributed by atoms with E-state index in [2.05, 4.69) is 15.9 Å². The number of halogens is 1. The van der Waals surface area contributed by atoms with Crippen molar-refractivity contribution < 1.29 is 4.74 Å². The van der Waals surface area contributed by atoms with Crippen LogP contribution >= 0.6 is 15.9 Å². The molecule has 0 atom stereocenters. The number of ether oxygens (including phenoxy) is 1. The molecule has 1 aliphatic heterocycles. The maximum absolute atomic E-state index is 11.9. The molecule has 100 valence electrons. The maximum Gasteiger partial charge on any atom is 0.316 e. The summed E-state index contributed by atoms with van der Waals surface area (Å²) in [6, 6.07) is 0. The lowest BCUT2D eigenvalue weighted by molar-refractivity contribution is 0.0180. The molecule has 0 saturated carbocycles. The average molecular weight is 317 g/mol. The lowest BCUT2D eigenvalue weighted by Crippen LogP contribution is -2.44. The fraction of sp³-hybridized carbons (Fsp3) is 0.667. The Bertz CT molecular complexity index is 529. The van der Waals surface area contributed by atoms with Gasteiger partial charge in [-0.1, -0.05) is 15.9 Å². The summed E-state index contributed by atoms with van der Waals surface area (Å²) in [5.41, 5.74) is -0.921. The standard InChI is InChI=1S/C12H17BrN2O3/c1-14-4-5-15(11(17)10(14)16)9-12(8-13)2-6-18-7-3-12/h4-5H,2-3,6-9H2,1H3. The molecule has 18 heavy (non-hydrogen) atoms. The second-order valence-electron chi connectivity index (χ2n) is 4.89. The molecular weight excluding hydrogens is 300 g/mol. The van der Waals surface area contributed by atoms with Crippen molar-refractivity contribution in [2.24, 2.45) is 12.5 Å². The van der Waals surface area contributed by atoms with Gasteiger partial charge in [0.05, 0.1) is 0 Å². The van der Waals surface area contributed by atoms with Crippen LogP contribution < -0.4 is 11.1 Å². The molecule has 0 bridgehead atoms. The quantitative estimate of drug-likeness (QED) is 0.610. The van der Waals surface area contributed by atoms with Gasteiger partial charge in [0.2, 0.25) is 0 Å². The Morgan fingerprint density at radius 2 is 1.94 bits per heavy atom. The van der Waals surface area contributed by atoms with Crippen LogP contribution in [0.15, 0.2) is 22.0 Å². The van der Waals surface area contributed by atoms with Crippen LogP contribution in [-0.4, -0.2) is 27.7 Å². The molecule has 0 unspecified atom stereocenters. The second kappa shape index (κ2) is 5.40. The van der Waals surface area contributed by atoms with Crippen LogP contribution in [0.5, 0.6) is 0 Å². The fourth-order valence-corrected chi connectivity index (χ4v) is 2.95. The van der Waals surface area contributed by atoms with E-state index in [9.17, 15) is 9.59 Å². The van der Waals surface area contributed by atoms with Gasteiger partial charge in [-0.2, -0.15) is 0 Å². The molecule has 1 saturated heterocycles. The molecule has 2 rings (SSSR count). The Hall–Kier alpha value is -0.880. The first-order valence-electron chi connectivity index (χ1n) is 5.98. The van der Waals surface area contributed by atoms with Gasteiger partial charge in [0.1, 0.15) is 0 Å². The van der Waals surface area contributed by atoms with Crippen molar-refractivity contribution in [1.82, 2.24) is 9.13 Å². The molecule has 1 aromatic heterocycles. The van der Waals surface area contributed by atoms with Crippen molar-refractivity contribution in [2.45, 2.75) is 19.4 Å². The molecule has 0 radical (unpaired) electrons. The number of hydrogen-bond acceptors (Lipinski definition) is 3. The van der Waals surface area contributed by atoms with E-state index in [0.29, 0.717) is 19.8 Å². The Morgan fingerprint density at radius 3 is 2.56 bits per heavy atom. The van der Waals surface area contributed by atoms with Gasteiger partial charge in [0.15, 0.2) is 0 Å². The van der Waals surface area contributed by atoms with E-state index in [1.165, 1.54) is 9.13 Å². The smallest absolute Gasteiger partial charge is 0.316 e. The molecule has 0 N–H and O–H groups in total. The van der Waals surface area contributed by atoms with Crippen LogP contribution in [0.3, 0.4) is 0 Å². The summed E-state index contributed by atoms with van der Waals surface area (Å²) in [7, 11) is 1.59. The summed E-state index contributed by atoms with van der Waals surface area (Å²) in [5, 5.41) is 0.811. The summed E-state index contributed by atoms with van der Waals surface area (Å²) in [4.78, 5) is 23.5. The molecule has 1 aromatic rings. The molecule has 1 fully saturated rings. The topological polar surface area (TPSA) is 53.2 Å². The zero-order chi connectivity index (χ0) is 13.2. The SMILES string of the molecule is Cn1ccn(CC2(CBr)CCOCC2)c(=O)c1=O. The van der Waals surface area contributed by atoms with E-state index in [0.717, 1.165) is 18.2 Å². The molecule has 0 spiro atoms. The monoisotopic (exact) mass is 316 g/mol. The van der Waals surface area contributed by atoms with Gasteiger partial charge in [0.25, 0.3) is 0 Å². The van der Waals surface area contributed by atoms with Crippen LogP contribution in [0.1, 0.15) is 12.8 Å². The molecule has 1 aliphatic rings. The number of hydrogen-bond donors (Lipinski definition) is 0. The van der Waals surface area contributed by atoms with Gasteiger partial charge in [-0.15, -0.1) is 0 Å². The van der Waals surface area contributed by atoms with Crippen molar-refractivity contribution in [1.29, 1.82) is 0 Å². The Balaban J connectivity index is 2.30. The minimum Gasteiger partial charge on any atom is -0.381 e. The van der Waals surface area contributed by atoms with E-state index in [1.54, 1.807) is 19.4 Å². The summed E-state index contributed by atoms with van der Waals surface area (Å²) < 4.78 is 8.20. The summed E-state index contributed by atoms with van der Waals surface area (Å²) >= 11 is 3.53. The predicted molar refractivity (Wildman–Crippen MR) is 72.2 cm³/mol. The van der Waals surface area contributed by atoms with Crippen LogP contribution in [0.25, 0.3) is 0 Å². The number of alkyl halides is 1. The summed E-state index contributed by atoms with van der Waals surface area (Å²) in [6.07, 6.45) is 5.12. The van der Waals surface area contributed by atoms with Crippen LogP contribution in [0, 0.1) is 5.41 Å². The number of aromatic nitrogens is 2. The van der Waals surface area contributed by atoms with Crippen molar-refractivity contribution in [3.63, 3.8) is 0 Å². The summed E-state index contributed by atoms with van der Waals surface area (Å²) in [6.45, 7) is 1.99. The number of rotatable bonds is 3. The lowest BCUT2D eigenvalue weighted by atomic mass is 9.82. The van der Waals surface area contributed by atoms with E-state index < -0.39 is 11.1 Å². The van der Waals surface area contributed by atoms with Crippen molar-refractivity contribution in [3.8, 4) is 0 Å². The van der Waals surface area contributed by atoms with Gasteiger partial charge < -0.3 is 13.9 Å². The van der Waals surface area contributed by atoms with Crippen molar-refractivity contribution in [2.75, 3.05) is 18.5 Å². The third-order valence-corrected chi connectivity index (χ3v) is 4.77. The lowest BCUT2D eigenvalue weighted by Gasteiger charge is -2.35. The molecular formula is C12H17BrN2O3. The van der Waals surface area contributed by atoms with Gasteiger partial charge in [-0.3, -0.25) is 9.59 Å². The van der Waals surface area contributed by atoms with E-state index >= 15 is 0 Å². The van der Waals surface area contributed by atoms with Crippen LogP contribution in [0.2, 0.25) is 0 Å². The van der Waals surface area contributed by atoms with Gasteiger partial charge >= 0.3 is 11.1 Å². The average Bonchev–Trinajstić information content (AvgIpc) is 2.41. The second-order valence-corrected chi connectivity index (χ2v) is 5.45. The Labute approximate surface area is 114 Å². The Morgan fingerprint density at radius 1 is 1.28 bits per heavy atom. The predicted octanol–water partition coefficient (Wildman–Crippen LogP) is 0.739. The van der Waals surface area contributed by atoms with Gasteiger partial charge in [-0.25, -0.2) is 0 Å². The molecule has 6 heteroatoms. The normalized spacial score (nSPS) is 18.8. The Kier molecular flexibility index (Phi) is 4.07. The van der Waals surface area contributed by atoms with Crippen LogP contribution in [0.4, 0.5) is 0 Å². The highest BCUT2D eigenvalue weighted by Gasteiger charge is 2.32. The third kappa shape index (κ3) is 2.59. The minimum absolute atomic E-state index is 0.00837. The van der Waals surface area contributed by atoms with Gasteiger partial charge in [-0.05, 0) is 12.8 Å². The third-order valence-electron chi connectivity index (χ3n) is 3.58. The fourth-order valence-electron chi connectivity index (χ4n) is 2.21. The zero-order valence-electron chi connectivity index (χ0n) is 10.4. The number of aryl methyl sites for hydroxylation is 1. The van der Waals surface area contributed by atoms with Crippen molar-refractivity contribution >= 4 is 15.9 Å². The minimum atomic E-state index is -0.478. The van der Waals surface area contributed by atoms with Gasteiger partial charge in [0, 0.05) is 49.9 Å². The highest BCUT2D eigenvalue weighted by atomic mass is 79.9. The van der Waals surface area contributed by atoms with E-state index in [-0.39, 0.29) is 5.41 Å². The highest BCUT2D eigenvalue weighted by Crippen LogP contribution is 2.33. The highest BCUT2D eigenvalue weighted by molar-refractivity contribution is 9.09. The molecule has 0 amide bonds. The van der Waals surface area contributed by atoms with E-state index in [1.807, 2.05) is 0 Å². The first kappa shape index (κ1) is 13.5. The first-order valence-corrected chi connectivity index (χ1v) is 7.10. The first-order chi connectivity index (χ1) is 8.58. The molecule has 0 aromatic carbocycles. The molecule has 0 aliphatic carbocycles. The maximum atomic E-state index is 11.9. The van der Waals surface area contributed by atoms with Crippen molar-refractivity contribution in [3.05, 3.63) is 33.1 Å².